The van der Waals surface area contributed by atoms with Gasteiger partial charge in [-0.15, -0.1) is 12.4 Å². The van der Waals surface area contributed by atoms with Gasteiger partial charge in [0, 0.05) is 6.54 Å². The number of thioether (sulfide) groups is 1. The molecule has 1 fully saturated rings. The molecule has 8 heteroatoms. The zero-order valence-corrected chi connectivity index (χ0v) is 17.3. The minimum Gasteiger partial charge on any atom is -0.354 e. The van der Waals surface area contributed by atoms with Crippen molar-refractivity contribution in [3.05, 3.63) is 34.9 Å². The molecule has 0 saturated carbocycles. The van der Waals surface area contributed by atoms with E-state index in [-0.39, 0.29) is 24.2 Å². The van der Waals surface area contributed by atoms with E-state index in [1.165, 1.54) is 0 Å². The lowest BCUT2D eigenvalue weighted by molar-refractivity contribution is -0.123. The standard InChI is InChI=1S/C18H26ClN3O2S.ClH/c1-25-10-8-16(18(24)21-12-13-5-4-9-20-11-13)22-17(23)14-6-2-3-7-15(14)19;/h2-3,6-7,13,16,20H,4-5,8-12H2,1H3,(H,21,24)(H,22,23);1H. The van der Waals surface area contributed by atoms with Gasteiger partial charge in [-0.25, -0.2) is 0 Å². The van der Waals surface area contributed by atoms with Crippen molar-refractivity contribution in [1.82, 2.24) is 16.0 Å². The Hall–Kier alpha value is -0.950. The molecule has 1 aromatic rings. The van der Waals surface area contributed by atoms with Gasteiger partial charge in [0.05, 0.1) is 10.6 Å². The third-order valence-corrected chi connectivity index (χ3v) is 5.29. The van der Waals surface area contributed by atoms with Crippen LogP contribution in [0.4, 0.5) is 0 Å². The highest BCUT2D eigenvalue weighted by Crippen LogP contribution is 2.15. The first-order valence-electron chi connectivity index (χ1n) is 8.64. The van der Waals surface area contributed by atoms with Crippen molar-refractivity contribution in [2.75, 3.05) is 31.6 Å². The Kier molecular flexibility index (Phi) is 11.0. The third-order valence-electron chi connectivity index (χ3n) is 4.31. The topological polar surface area (TPSA) is 70.2 Å². The quantitative estimate of drug-likeness (QED) is 0.605. The summed E-state index contributed by atoms with van der Waals surface area (Å²) in [5.74, 6) is 0.815. The minimum atomic E-state index is -0.548. The highest BCUT2D eigenvalue weighted by molar-refractivity contribution is 7.98. The maximum atomic E-state index is 12.6. The van der Waals surface area contributed by atoms with Crippen molar-refractivity contribution in [1.29, 1.82) is 0 Å². The van der Waals surface area contributed by atoms with Gasteiger partial charge >= 0.3 is 0 Å². The predicted octanol–water partition coefficient (Wildman–Crippen LogP) is 2.73. The van der Waals surface area contributed by atoms with E-state index in [1.54, 1.807) is 36.0 Å². The van der Waals surface area contributed by atoms with Crippen LogP contribution >= 0.6 is 35.8 Å². The van der Waals surface area contributed by atoms with Gasteiger partial charge in [-0.3, -0.25) is 9.59 Å². The van der Waals surface area contributed by atoms with Gasteiger partial charge in [0.2, 0.25) is 5.91 Å². The largest absolute Gasteiger partial charge is 0.354 e. The van der Waals surface area contributed by atoms with E-state index < -0.39 is 6.04 Å². The molecule has 0 aliphatic carbocycles. The van der Waals surface area contributed by atoms with Crippen molar-refractivity contribution in [2.45, 2.75) is 25.3 Å². The zero-order chi connectivity index (χ0) is 18.1. The van der Waals surface area contributed by atoms with Gasteiger partial charge in [-0.2, -0.15) is 11.8 Å². The molecule has 26 heavy (non-hydrogen) atoms. The van der Waals surface area contributed by atoms with Crippen LogP contribution in [0.25, 0.3) is 0 Å². The predicted molar refractivity (Wildman–Crippen MR) is 112 cm³/mol. The molecule has 1 saturated heterocycles. The fourth-order valence-electron chi connectivity index (χ4n) is 2.85. The van der Waals surface area contributed by atoms with Crippen LogP contribution in [0, 0.1) is 5.92 Å². The van der Waals surface area contributed by atoms with E-state index in [0.717, 1.165) is 31.7 Å². The molecule has 1 heterocycles. The van der Waals surface area contributed by atoms with E-state index in [2.05, 4.69) is 16.0 Å². The lowest BCUT2D eigenvalue weighted by Gasteiger charge is -2.24. The fourth-order valence-corrected chi connectivity index (χ4v) is 3.55. The summed E-state index contributed by atoms with van der Waals surface area (Å²) in [6, 6.07) is 6.31. The number of benzene rings is 1. The van der Waals surface area contributed by atoms with Gasteiger partial charge in [-0.05, 0) is 62.4 Å². The van der Waals surface area contributed by atoms with E-state index in [9.17, 15) is 9.59 Å². The average molecular weight is 420 g/mol. The Morgan fingerprint density at radius 1 is 1.38 bits per heavy atom. The van der Waals surface area contributed by atoms with Crippen LogP contribution in [0.15, 0.2) is 24.3 Å². The van der Waals surface area contributed by atoms with E-state index in [0.29, 0.717) is 29.5 Å². The van der Waals surface area contributed by atoms with Crippen molar-refractivity contribution >= 4 is 47.6 Å². The van der Waals surface area contributed by atoms with Crippen molar-refractivity contribution < 1.29 is 9.59 Å². The lowest BCUT2D eigenvalue weighted by Crippen LogP contribution is -2.49. The Bertz CT molecular complexity index is 583. The summed E-state index contributed by atoms with van der Waals surface area (Å²) in [6.07, 6.45) is 4.83. The summed E-state index contributed by atoms with van der Waals surface area (Å²) in [5, 5.41) is 9.56. The van der Waals surface area contributed by atoms with E-state index >= 15 is 0 Å². The SMILES string of the molecule is CSCCC(NC(=O)c1ccccc1Cl)C(=O)NCC1CCCNC1.Cl. The highest BCUT2D eigenvalue weighted by Gasteiger charge is 2.23. The second-order valence-corrected chi connectivity index (χ2v) is 7.64. The summed E-state index contributed by atoms with van der Waals surface area (Å²) in [6.45, 7) is 2.62. The summed E-state index contributed by atoms with van der Waals surface area (Å²) in [5.41, 5.74) is 0.391. The Balaban J connectivity index is 0.00000338. The molecule has 2 amide bonds. The second kappa shape index (κ2) is 12.4. The number of halogens is 2. The van der Waals surface area contributed by atoms with Crippen LogP contribution < -0.4 is 16.0 Å². The summed E-state index contributed by atoms with van der Waals surface area (Å²) in [7, 11) is 0. The van der Waals surface area contributed by atoms with Gasteiger partial charge in [0.25, 0.3) is 5.91 Å². The first-order valence-corrected chi connectivity index (χ1v) is 10.4. The highest BCUT2D eigenvalue weighted by atomic mass is 35.5. The monoisotopic (exact) mass is 419 g/mol. The molecule has 1 aliphatic rings. The number of nitrogens with one attached hydrogen (secondary N) is 3. The summed E-state index contributed by atoms with van der Waals surface area (Å²) >= 11 is 7.73. The van der Waals surface area contributed by atoms with Crippen molar-refractivity contribution in [3.8, 4) is 0 Å². The normalized spacial score (nSPS) is 17.7. The number of piperidine rings is 1. The lowest BCUT2D eigenvalue weighted by atomic mass is 9.99. The van der Waals surface area contributed by atoms with Crippen molar-refractivity contribution in [2.24, 2.45) is 5.92 Å². The molecule has 2 unspecified atom stereocenters. The molecular formula is C18H27Cl2N3O2S. The molecule has 146 valence electrons. The Labute approximate surface area is 170 Å². The van der Waals surface area contributed by atoms with E-state index in [1.807, 2.05) is 6.26 Å². The first-order chi connectivity index (χ1) is 12.1. The number of carbonyl (C=O) groups is 2. The molecule has 0 spiro atoms. The number of hydrogen-bond acceptors (Lipinski definition) is 4. The second-order valence-electron chi connectivity index (χ2n) is 6.24. The van der Waals surface area contributed by atoms with Crippen LogP contribution in [0.1, 0.15) is 29.6 Å². The van der Waals surface area contributed by atoms with Crippen molar-refractivity contribution in [3.63, 3.8) is 0 Å². The smallest absolute Gasteiger partial charge is 0.253 e. The zero-order valence-electron chi connectivity index (χ0n) is 14.9. The maximum Gasteiger partial charge on any atom is 0.253 e. The molecule has 1 aromatic carbocycles. The van der Waals surface area contributed by atoms with Crippen LogP contribution in [-0.4, -0.2) is 49.5 Å². The molecule has 2 rings (SSSR count). The molecular weight excluding hydrogens is 393 g/mol. The van der Waals surface area contributed by atoms with Crippen LogP contribution in [0.2, 0.25) is 5.02 Å². The number of rotatable bonds is 8. The fraction of sp³-hybridized carbons (Fsp3) is 0.556. The molecule has 2 atom stereocenters. The molecule has 0 aromatic heterocycles. The van der Waals surface area contributed by atoms with Crippen LogP contribution in [0.5, 0.6) is 0 Å². The van der Waals surface area contributed by atoms with Crippen LogP contribution in [-0.2, 0) is 4.79 Å². The average Bonchev–Trinajstić information content (AvgIpc) is 2.64. The number of hydrogen-bond donors (Lipinski definition) is 3. The number of carbonyl (C=O) groups excluding carboxylic acids is 2. The Morgan fingerprint density at radius 2 is 2.15 bits per heavy atom. The van der Waals surface area contributed by atoms with Gasteiger partial charge in [0.15, 0.2) is 0 Å². The van der Waals surface area contributed by atoms with Gasteiger partial charge < -0.3 is 16.0 Å². The first kappa shape index (κ1) is 23.1. The van der Waals surface area contributed by atoms with E-state index in [4.69, 9.17) is 11.6 Å². The summed E-state index contributed by atoms with van der Waals surface area (Å²) in [4.78, 5) is 25.0. The molecule has 0 bridgehead atoms. The van der Waals surface area contributed by atoms with Gasteiger partial charge in [-0.1, -0.05) is 23.7 Å². The van der Waals surface area contributed by atoms with Gasteiger partial charge in [0.1, 0.15) is 6.04 Å². The minimum absolute atomic E-state index is 0. The number of amides is 2. The molecule has 3 N–H and O–H groups in total. The summed E-state index contributed by atoms with van der Waals surface area (Å²) < 4.78 is 0. The Morgan fingerprint density at radius 3 is 2.81 bits per heavy atom. The molecule has 5 nitrogen and oxygen atoms in total. The molecule has 0 radical (unpaired) electrons. The maximum absolute atomic E-state index is 12.6. The van der Waals surface area contributed by atoms with Crippen LogP contribution in [0.3, 0.4) is 0 Å². The third kappa shape index (κ3) is 7.35. The molecule has 1 aliphatic heterocycles.